The van der Waals surface area contributed by atoms with Gasteiger partial charge in [0.05, 0.1) is 7.11 Å². The zero-order valence-electron chi connectivity index (χ0n) is 11.4. The van der Waals surface area contributed by atoms with E-state index in [4.69, 9.17) is 4.74 Å². The van der Waals surface area contributed by atoms with Gasteiger partial charge in [0.2, 0.25) is 0 Å². The lowest BCUT2D eigenvalue weighted by atomic mass is 9.63. The number of halogens is 1. The van der Waals surface area contributed by atoms with Gasteiger partial charge in [-0.2, -0.15) is 0 Å². The number of hydrogen-bond acceptors (Lipinski definition) is 1. The van der Waals surface area contributed by atoms with Crippen molar-refractivity contribution in [2.45, 2.75) is 51.4 Å². The molecule has 0 amide bonds. The van der Waals surface area contributed by atoms with Gasteiger partial charge in [0.25, 0.3) is 0 Å². The number of benzene rings is 1. The average molecular weight is 297 g/mol. The molecule has 0 saturated heterocycles. The highest BCUT2D eigenvalue weighted by Crippen LogP contribution is 2.50. The predicted octanol–water partition coefficient (Wildman–Crippen LogP) is 4.81. The first-order valence-corrected chi connectivity index (χ1v) is 6.96. The number of fused-ring (bicyclic) bond motifs is 1. The van der Waals surface area contributed by atoms with Gasteiger partial charge in [-0.25, -0.2) is 0 Å². The van der Waals surface area contributed by atoms with E-state index in [9.17, 15) is 0 Å². The highest BCUT2D eigenvalue weighted by molar-refractivity contribution is 9.10. The van der Waals surface area contributed by atoms with Gasteiger partial charge in [-0.3, -0.25) is 0 Å². The molecule has 94 valence electrons. The smallest absolute Gasteiger partial charge is 0.124 e. The van der Waals surface area contributed by atoms with Gasteiger partial charge in [0.1, 0.15) is 5.75 Å². The summed E-state index contributed by atoms with van der Waals surface area (Å²) in [5.74, 6) is 1.02. The van der Waals surface area contributed by atoms with Crippen molar-refractivity contribution in [1.29, 1.82) is 0 Å². The number of ether oxygens (including phenoxy) is 1. The minimum atomic E-state index is 0.205. The maximum absolute atomic E-state index is 5.59. The Labute approximate surface area is 113 Å². The lowest BCUT2D eigenvalue weighted by Crippen LogP contribution is -2.34. The van der Waals surface area contributed by atoms with Crippen molar-refractivity contribution in [3.63, 3.8) is 0 Å². The molecule has 1 aliphatic rings. The topological polar surface area (TPSA) is 9.23 Å². The number of hydrogen-bond donors (Lipinski definition) is 0. The Hall–Kier alpha value is -0.500. The maximum atomic E-state index is 5.59. The summed E-state index contributed by atoms with van der Waals surface area (Å²) in [4.78, 5) is 0. The van der Waals surface area contributed by atoms with Crippen LogP contribution in [0.2, 0.25) is 0 Å². The lowest BCUT2D eigenvalue weighted by Gasteiger charge is -2.42. The van der Waals surface area contributed by atoms with E-state index in [1.807, 2.05) is 0 Å². The third-order valence-corrected chi connectivity index (χ3v) is 4.53. The summed E-state index contributed by atoms with van der Waals surface area (Å²) in [7, 11) is 1.76. The zero-order valence-corrected chi connectivity index (χ0v) is 12.9. The van der Waals surface area contributed by atoms with Crippen molar-refractivity contribution in [3.8, 4) is 5.75 Å². The molecule has 17 heavy (non-hydrogen) atoms. The third-order valence-electron chi connectivity index (χ3n) is 4.07. The van der Waals surface area contributed by atoms with Crippen molar-refractivity contribution >= 4 is 15.9 Å². The van der Waals surface area contributed by atoms with Crippen molar-refractivity contribution < 1.29 is 4.74 Å². The van der Waals surface area contributed by atoms with Crippen LogP contribution in [0.4, 0.5) is 0 Å². The van der Waals surface area contributed by atoms with E-state index in [-0.39, 0.29) is 10.8 Å². The van der Waals surface area contributed by atoms with Crippen LogP contribution in [0, 0.1) is 0 Å². The summed E-state index contributed by atoms with van der Waals surface area (Å²) < 4.78 is 6.70. The Morgan fingerprint density at radius 1 is 1.06 bits per heavy atom. The van der Waals surface area contributed by atoms with Crippen LogP contribution in [-0.2, 0) is 10.8 Å². The Morgan fingerprint density at radius 3 is 2.24 bits per heavy atom. The van der Waals surface area contributed by atoms with Crippen LogP contribution in [-0.4, -0.2) is 7.11 Å². The molecule has 1 aliphatic carbocycles. The monoisotopic (exact) mass is 296 g/mol. The lowest BCUT2D eigenvalue weighted by molar-refractivity contribution is 0.312. The average Bonchev–Trinajstić information content (AvgIpc) is 2.23. The Bertz CT molecular complexity index is 446. The summed E-state index contributed by atoms with van der Waals surface area (Å²) in [6, 6.07) is 4.35. The Balaban J connectivity index is 2.75. The van der Waals surface area contributed by atoms with Crippen LogP contribution in [0.1, 0.15) is 51.7 Å². The highest BCUT2D eigenvalue weighted by Gasteiger charge is 2.39. The molecule has 0 fully saturated rings. The summed E-state index contributed by atoms with van der Waals surface area (Å²) >= 11 is 3.59. The van der Waals surface area contributed by atoms with E-state index in [0.717, 1.165) is 10.2 Å². The third kappa shape index (κ3) is 2.12. The normalized spacial score (nSPS) is 20.8. The minimum Gasteiger partial charge on any atom is -0.496 e. The van der Waals surface area contributed by atoms with Gasteiger partial charge in [-0.1, -0.05) is 43.6 Å². The van der Waals surface area contributed by atoms with Gasteiger partial charge < -0.3 is 4.74 Å². The van der Waals surface area contributed by atoms with Crippen LogP contribution >= 0.6 is 15.9 Å². The molecule has 2 heteroatoms. The van der Waals surface area contributed by atoms with E-state index in [1.165, 1.54) is 24.0 Å². The highest BCUT2D eigenvalue weighted by atomic mass is 79.9. The summed E-state index contributed by atoms with van der Waals surface area (Å²) in [6.45, 7) is 9.29. The molecular formula is C15H21BrO. The molecule has 0 bridgehead atoms. The minimum absolute atomic E-state index is 0.205. The second-order valence-corrected chi connectivity index (χ2v) is 7.21. The molecule has 0 heterocycles. The summed E-state index contributed by atoms with van der Waals surface area (Å²) in [6.07, 6.45) is 2.44. The van der Waals surface area contributed by atoms with E-state index >= 15 is 0 Å². The number of methoxy groups -OCH3 is 1. The standard InChI is InChI=1S/C15H21BrO/c1-14(2)6-7-15(3,4)13-11(14)8-10(16)9-12(13)17-5/h8-9H,6-7H2,1-5H3. The molecule has 1 nitrogen and oxygen atoms in total. The second kappa shape index (κ2) is 4.01. The zero-order chi connectivity index (χ0) is 12.8. The fourth-order valence-corrected chi connectivity index (χ4v) is 3.30. The fraction of sp³-hybridized carbons (Fsp3) is 0.600. The van der Waals surface area contributed by atoms with E-state index < -0.39 is 0 Å². The van der Waals surface area contributed by atoms with Crippen molar-refractivity contribution in [3.05, 3.63) is 27.7 Å². The first-order valence-electron chi connectivity index (χ1n) is 6.16. The molecule has 0 saturated carbocycles. The molecule has 2 rings (SSSR count). The van der Waals surface area contributed by atoms with E-state index in [2.05, 4.69) is 55.8 Å². The summed E-state index contributed by atoms with van der Waals surface area (Å²) in [5, 5.41) is 0. The molecule has 0 spiro atoms. The van der Waals surface area contributed by atoms with Gasteiger partial charge in [-0.15, -0.1) is 0 Å². The Kier molecular flexibility index (Phi) is 3.05. The van der Waals surface area contributed by atoms with Crippen molar-refractivity contribution in [2.24, 2.45) is 0 Å². The van der Waals surface area contributed by atoms with Gasteiger partial charge >= 0.3 is 0 Å². The molecule has 0 aliphatic heterocycles. The molecule has 0 radical (unpaired) electrons. The SMILES string of the molecule is COc1cc(Br)cc2c1C(C)(C)CCC2(C)C. The second-order valence-electron chi connectivity index (χ2n) is 6.30. The Morgan fingerprint density at radius 2 is 1.65 bits per heavy atom. The fourth-order valence-electron chi connectivity index (χ4n) is 2.86. The first kappa shape index (κ1) is 12.9. The molecule has 0 atom stereocenters. The molecule has 0 aromatic heterocycles. The quantitative estimate of drug-likeness (QED) is 0.723. The molecular weight excluding hydrogens is 276 g/mol. The molecule has 0 unspecified atom stereocenters. The predicted molar refractivity (Wildman–Crippen MR) is 76.0 cm³/mol. The van der Waals surface area contributed by atoms with Crippen molar-refractivity contribution in [2.75, 3.05) is 7.11 Å². The number of rotatable bonds is 1. The van der Waals surface area contributed by atoms with Gasteiger partial charge in [-0.05, 0) is 41.4 Å². The van der Waals surface area contributed by atoms with Gasteiger partial charge in [0.15, 0.2) is 0 Å². The van der Waals surface area contributed by atoms with Crippen LogP contribution in [0.15, 0.2) is 16.6 Å². The molecule has 1 aromatic carbocycles. The van der Waals surface area contributed by atoms with Crippen LogP contribution in [0.5, 0.6) is 5.75 Å². The van der Waals surface area contributed by atoms with E-state index in [0.29, 0.717) is 0 Å². The van der Waals surface area contributed by atoms with Crippen LogP contribution < -0.4 is 4.74 Å². The van der Waals surface area contributed by atoms with E-state index in [1.54, 1.807) is 7.11 Å². The van der Waals surface area contributed by atoms with Crippen molar-refractivity contribution in [1.82, 2.24) is 0 Å². The molecule has 1 aromatic rings. The largest absolute Gasteiger partial charge is 0.496 e. The van der Waals surface area contributed by atoms with Crippen LogP contribution in [0.25, 0.3) is 0 Å². The maximum Gasteiger partial charge on any atom is 0.124 e. The van der Waals surface area contributed by atoms with Gasteiger partial charge in [0, 0.05) is 10.0 Å². The van der Waals surface area contributed by atoms with Crippen LogP contribution in [0.3, 0.4) is 0 Å². The summed E-state index contributed by atoms with van der Waals surface area (Å²) in [5.41, 5.74) is 3.26. The molecule has 0 N–H and O–H groups in total. The first-order chi connectivity index (χ1) is 7.78.